The van der Waals surface area contributed by atoms with Crippen LogP contribution in [0.1, 0.15) is 79.7 Å². The van der Waals surface area contributed by atoms with E-state index < -0.39 is 5.79 Å². The van der Waals surface area contributed by atoms with Crippen LogP contribution in [-0.2, 0) is 11.2 Å². The largest absolute Gasteiger partial charge is 0.463 e. The van der Waals surface area contributed by atoms with Gasteiger partial charge in [0.25, 0.3) is 0 Å². The van der Waals surface area contributed by atoms with Gasteiger partial charge in [0.05, 0.1) is 6.10 Å². The van der Waals surface area contributed by atoms with Crippen LogP contribution in [0.4, 0.5) is 0 Å². The molecule has 0 aromatic heterocycles. The van der Waals surface area contributed by atoms with Gasteiger partial charge in [-0.15, -0.1) is 0 Å². The Morgan fingerprint density at radius 3 is 1.96 bits per heavy atom. The second-order valence-electron chi connectivity index (χ2n) is 7.97. The second kappa shape index (κ2) is 10.1. The van der Waals surface area contributed by atoms with Crippen molar-refractivity contribution in [3.63, 3.8) is 0 Å². The predicted molar refractivity (Wildman–Crippen MR) is 104 cm³/mol. The maximum absolute atomic E-state index is 6.34. The van der Waals surface area contributed by atoms with Crippen molar-refractivity contribution >= 4 is 0 Å². The SMILES string of the molecule is CCC(CC)OC(C)(CC(C)C)Oc1ccc(CCC(C)C)cc1. The van der Waals surface area contributed by atoms with Gasteiger partial charge in [-0.3, -0.25) is 0 Å². The summed E-state index contributed by atoms with van der Waals surface area (Å²) in [4.78, 5) is 0. The highest BCUT2D eigenvalue weighted by Gasteiger charge is 2.31. The lowest BCUT2D eigenvalue weighted by Crippen LogP contribution is -2.40. The van der Waals surface area contributed by atoms with Crippen LogP contribution in [0.3, 0.4) is 0 Å². The molecule has 2 heteroatoms. The van der Waals surface area contributed by atoms with Gasteiger partial charge >= 0.3 is 0 Å². The van der Waals surface area contributed by atoms with Crippen molar-refractivity contribution in [3.05, 3.63) is 29.8 Å². The van der Waals surface area contributed by atoms with Gasteiger partial charge in [-0.2, -0.15) is 0 Å². The third kappa shape index (κ3) is 7.70. The fourth-order valence-electron chi connectivity index (χ4n) is 3.09. The molecule has 0 saturated heterocycles. The fourth-order valence-corrected chi connectivity index (χ4v) is 3.09. The van der Waals surface area contributed by atoms with E-state index in [1.54, 1.807) is 0 Å². The van der Waals surface area contributed by atoms with Gasteiger partial charge in [0.2, 0.25) is 5.79 Å². The van der Waals surface area contributed by atoms with Crippen molar-refractivity contribution in [2.24, 2.45) is 11.8 Å². The van der Waals surface area contributed by atoms with Crippen LogP contribution in [0.25, 0.3) is 0 Å². The summed E-state index contributed by atoms with van der Waals surface area (Å²) in [5.41, 5.74) is 1.38. The molecule has 0 amide bonds. The number of hydrogen-bond acceptors (Lipinski definition) is 2. The monoisotopic (exact) mass is 334 g/mol. The third-order valence-corrected chi connectivity index (χ3v) is 4.37. The van der Waals surface area contributed by atoms with Gasteiger partial charge in [0.15, 0.2) is 0 Å². The topological polar surface area (TPSA) is 18.5 Å². The number of rotatable bonds is 11. The lowest BCUT2D eigenvalue weighted by atomic mass is 10.0. The van der Waals surface area contributed by atoms with Crippen LogP contribution >= 0.6 is 0 Å². The Kier molecular flexibility index (Phi) is 8.83. The Morgan fingerprint density at radius 2 is 1.50 bits per heavy atom. The zero-order valence-corrected chi connectivity index (χ0v) is 16.9. The van der Waals surface area contributed by atoms with Crippen LogP contribution in [-0.4, -0.2) is 11.9 Å². The average Bonchev–Trinajstić information content (AvgIpc) is 2.51. The molecule has 0 saturated carbocycles. The van der Waals surface area contributed by atoms with Gasteiger partial charge in [-0.05, 0) is 55.2 Å². The lowest BCUT2D eigenvalue weighted by Gasteiger charge is -2.35. The van der Waals surface area contributed by atoms with Gasteiger partial charge in [0.1, 0.15) is 5.75 Å². The van der Waals surface area contributed by atoms with Crippen molar-refractivity contribution in [2.45, 2.75) is 92.5 Å². The number of ether oxygens (including phenoxy) is 2. The molecule has 0 heterocycles. The third-order valence-electron chi connectivity index (χ3n) is 4.37. The van der Waals surface area contributed by atoms with E-state index in [-0.39, 0.29) is 6.10 Å². The molecule has 0 aliphatic rings. The molecule has 0 N–H and O–H groups in total. The standard InChI is InChI=1S/C22H38O2/c1-8-20(9-2)23-22(7,16-18(5)6)24-21-14-12-19(13-15-21)11-10-17(3)4/h12-15,17-18,20H,8-11,16H2,1-7H3. The molecule has 1 rings (SSSR count). The molecule has 138 valence electrons. The molecule has 0 aliphatic heterocycles. The minimum Gasteiger partial charge on any atom is -0.463 e. The van der Waals surface area contributed by atoms with E-state index in [2.05, 4.69) is 72.7 Å². The quantitative estimate of drug-likeness (QED) is 0.423. The molecule has 1 aromatic carbocycles. The molecule has 1 aromatic rings. The van der Waals surface area contributed by atoms with Crippen LogP contribution in [0.2, 0.25) is 0 Å². The highest BCUT2D eigenvalue weighted by atomic mass is 16.7. The van der Waals surface area contributed by atoms with E-state index in [9.17, 15) is 0 Å². The van der Waals surface area contributed by atoms with Gasteiger partial charge in [-0.25, -0.2) is 0 Å². The first-order valence-corrected chi connectivity index (χ1v) is 9.73. The predicted octanol–water partition coefficient (Wildman–Crippen LogP) is 6.62. The second-order valence-corrected chi connectivity index (χ2v) is 7.97. The van der Waals surface area contributed by atoms with Crippen LogP contribution in [0.15, 0.2) is 24.3 Å². The van der Waals surface area contributed by atoms with Gasteiger partial charge in [0, 0.05) is 13.3 Å². The molecular weight excluding hydrogens is 296 g/mol. The molecule has 2 nitrogen and oxygen atoms in total. The first kappa shape index (κ1) is 21.0. The first-order valence-electron chi connectivity index (χ1n) is 9.73. The molecule has 0 aliphatic carbocycles. The zero-order valence-electron chi connectivity index (χ0n) is 16.9. The normalized spacial score (nSPS) is 14.4. The average molecular weight is 335 g/mol. The molecule has 24 heavy (non-hydrogen) atoms. The molecule has 0 radical (unpaired) electrons. The fraction of sp³-hybridized carbons (Fsp3) is 0.727. The Bertz CT molecular complexity index is 446. The molecule has 1 atom stereocenters. The first-order chi connectivity index (χ1) is 11.3. The minimum atomic E-state index is -0.565. The van der Waals surface area contributed by atoms with Crippen molar-refractivity contribution in [3.8, 4) is 5.75 Å². The minimum absolute atomic E-state index is 0.249. The number of aryl methyl sites for hydroxylation is 1. The zero-order chi connectivity index (χ0) is 18.2. The highest BCUT2D eigenvalue weighted by molar-refractivity contribution is 5.27. The van der Waals surface area contributed by atoms with E-state index in [1.165, 1.54) is 12.0 Å². The summed E-state index contributed by atoms with van der Waals surface area (Å²) in [6.45, 7) is 15.4. The summed E-state index contributed by atoms with van der Waals surface area (Å²) in [5.74, 6) is 1.60. The number of hydrogen-bond donors (Lipinski definition) is 0. The molecular formula is C22H38O2. The Labute approximate surface area is 149 Å². The maximum atomic E-state index is 6.34. The molecule has 0 fully saturated rings. The lowest BCUT2D eigenvalue weighted by molar-refractivity contribution is -0.209. The summed E-state index contributed by atoms with van der Waals surface area (Å²) < 4.78 is 12.6. The van der Waals surface area contributed by atoms with Crippen LogP contribution in [0, 0.1) is 11.8 Å². The van der Waals surface area contributed by atoms with E-state index in [1.807, 2.05) is 0 Å². The van der Waals surface area contributed by atoms with Gasteiger partial charge < -0.3 is 9.47 Å². The van der Waals surface area contributed by atoms with Crippen LogP contribution < -0.4 is 4.74 Å². The highest BCUT2D eigenvalue weighted by Crippen LogP contribution is 2.29. The van der Waals surface area contributed by atoms with E-state index in [0.29, 0.717) is 5.92 Å². The van der Waals surface area contributed by atoms with Gasteiger partial charge in [-0.1, -0.05) is 53.7 Å². The van der Waals surface area contributed by atoms with E-state index in [4.69, 9.17) is 9.47 Å². The maximum Gasteiger partial charge on any atom is 0.208 e. The summed E-state index contributed by atoms with van der Waals surface area (Å²) >= 11 is 0. The van der Waals surface area contributed by atoms with Crippen molar-refractivity contribution in [1.29, 1.82) is 0 Å². The molecule has 0 bridgehead atoms. The number of benzene rings is 1. The Morgan fingerprint density at radius 1 is 0.917 bits per heavy atom. The van der Waals surface area contributed by atoms with Crippen molar-refractivity contribution < 1.29 is 9.47 Å². The van der Waals surface area contributed by atoms with E-state index >= 15 is 0 Å². The smallest absolute Gasteiger partial charge is 0.208 e. The Hall–Kier alpha value is -1.02. The Balaban J connectivity index is 2.78. The van der Waals surface area contributed by atoms with Crippen LogP contribution in [0.5, 0.6) is 5.75 Å². The van der Waals surface area contributed by atoms with Crippen molar-refractivity contribution in [1.82, 2.24) is 0 Å². The summed E-state index contributed by atoms with van der Waals surface area (Å²) in [6.07, 6.45) is 5.52. The summed E-state index contributed by atoms with van der Waals surface area (Å²) in [7, 11) is 0. The molecule has 1 unspecified atom stereocenters. The van der Waals surface area contributed by atoms with Crippen molar-refractivity contribution in [2.75, 3.05) is 0 Å². The summed E-state index contributed by atoms with van der Waals surface area (Å²) in [5, 5.41) is 0. The summed E-state index contributed by atoms with van der Waals surface area (Å²) in [6, 6.07) is 8.55. The molecule has 0 spiro atoms. The van der Waals surface area contributed by atoms with E-state index in [0.717, 1.165) is 37.4 Å².